The molecule has 0 spiro atoms. The van der Waals surface area contributed by atoms with E-state index in [4.69, 9.17) is 16.3 Å². The zero-order valence-electron chi connectivity index (χ0n) is 17.9. The van der Waals surface area contributed by atoms with Crippen LogP contribution in [0.4, 0.5) is 10.3 Å². The van der Waals surface area contributed by atoms with Gasteiger partial charge < -0.3 is 10.1 Å². The Morgan fingerprint density at radius 1 is 1.21 bits per heavy atom. The quantitative estimate of drug-likeness (QED) is 0.436. The van der Waals surface area contributed by atoms with Crippen molar-refractivity contribution in [1.29, 1.82) is 0 Å². The molecule has 3 aromatic heterocycles. The SMILES string of the molecule is CCn1c(=O)c(-c2ccc(-c3cccnc3F)cc2Cl)cc2cnc(NC3CCOC3)nc21. The first-order valence-corrected chi connectivity index (χ1v) is 11.1. The van der Waals surface area contributed by atoms with Crippen LogP contribution in [0.1, 0.15) is 13.3 Å². The zero-order valence-corrected chi connectivity index (χ0v) is 18.6. The van der Waals surface area contributed by atoms with E-state index in [0.29, 0.717) is 58.6 Å². The van der Waals surface area contributed by atoms with E-state index >= 15 is 0 Å². The molecule has 9 heteroatoms. The fourth-order valence-electron chi connectivity index (χ4n) is 4.05. The van der Waals surface area contributed by atoms with Gasteiger partial charge in [-0.3, -0.25) is 9.36 Å². The summed E-state index contributed by atoms with van der Waals surface area (Å²) in [6.07, 6.45) is 3.98. The molecule has 7 nitrogen and oxygen atoms in total. The standard InChI is InChI=1S/C24H21ClFN5O2/c1-2-31-22-15(12-28-24(30-22)29-16-7-9-33-13-16)10-19(23(31)32)18-6-5-14(11-20(18)25)17-4-3-8-27-21(17)26/h3-6,8,10-12,16H,2,7,9,13H2,1H3,(H,28,29,30). The minimum absolute atomic E-state index is 0.158. The predicted molar refractivity (Wildman–Crippen MR) is 126 cm³/mol. The van der Waals surface area contributed by atoms with E-state index in [0.717, 1.165) is 11.8 Å². The highest BCUT2D eigenvalue weighted by molar-refractivity contribution is 6.33. The Labute approximate surface area is 194 Å². The summed E-state index contributed by atoms with van der Waals surface area (Å²) in [5, 5.41) is 4.33. The predicted octanol–water partition coefficient (Wildman–Crippen LogP) is 4.53. The maximum atomic E-state index is 14.1. The number of nitrogens with one attached hydrogen (secondary N) is 1. The van der Waals surface area contributed by atoms with Crippen LogP contribution in [-0.4, -0.2) is 38.8 Å². The monoisotopic (exact) mass is 465 g/mol. The summed E-state index contributed by atoms with van der Waals surface area (Å²) in [7, 11) is 0. The fraction of sp³-hybridized carbons (Fsp3) is 0.250. The molecule has 4 heterocycles. The number of rotatable bonds is 5. The molecular weight excluding hydrogens is 445 g/mol. The lowest BCUT2D eigenvalue weighted by molar-refractivity contribution is 0.195. The third-order valence-electron chi connectivity index (χ3n) is 5.74. The van der Waals surface area contributed by atoms with Crippen molar-refractivity contribution >= 4 is 28.6 Å². The van der Waals surface area contributed by atoms with Gasteiger partial charge in [0.1, 0.15) is 5.65 Å². The van der Waals surface area contributed by atoms with Gasteiger partial charge in [0.25, 0.3) is 5.56 Å². The molecule has 0 bridgehead atoms. The van der Waals surface area contributed by atoms with Gasteiger partial charge in [0.2, 0.25) is 11.9 Å². The van der Waals surface area contributed by atoms with Crippen LogP contribution in [0.25, 0.3) is 33.3 Å². The first-order chi connectivity index (χ1) is 16.0. The number of hydrogen-bond acceptors (Lipinski definition) is 6. The van der Waals surface area contributed by atoms with Gasteiger partial charge in [-0.1, -0.05) is 23.7 Å². The summed E-state index contributed by atoms with van der Waals surface area (Å²) < 4.78 is 21.1. The average Bonchev–Trinajstić information content (AvgIpc) is 3.32. The highest BCUT2D eigenvalue weighted by atomic mass is 35.5. The van der Waals surface area contributed by atoms with E-state index in [1.165, 1.54) is 6.20 Å². The molecule has 0 radical (unpaired) electrons. The van der Waals surface area contributed by atoms with Gasteiger partial charge in [-0.05, 0) is 43.2 Å². The Morgan fingerprint density at radius 2 is 2.09 bits per heavy atom. The lowest BCUT2D eigenvalue weighted by Crippen LogP contribution is -2.24. The number of aryl methyl sites for hydroxylation is 1. The first kappa shape index (κ1) is 21.5. The summed E-state index contributed by atoms with van der Waals surface area (Å²) in [5.74, 6) is -0.112. The second-order valence-electron chi connectivity index (χ2n) is 7.82. The Kier molecular flexibility index (Phi) is 5.78. The Hall–Kier alpha value is -3.36. The third kappa shape index (κ3) is 4.07. The van der Waals surface area contributed by atoms with Gasteiger partial charge in [0, 0.05) is 52.6 Å². The minimum Gasteiger partial charge on any atom is -0.379 e. The normalized spacial score (nSPS) is 15.8. The van der Waals surface area contributed by atoms with Crippen LogP contribution in [-0.2, 0) is 11.3 Å². The van der Waals surface area contributed by atoms with Crippen molar-refractivity contribution in [3.8, 4) is 22.3 Å². The number of ether oxygens (including phenoxy) is 1. The van der Waals surface area contributed by atoms with Crippen LogP contribution in [0, 0.1) is 5.95 Å². The fourth-order valence-corrected chi connectivity index (χ4v) is 4.33. The van der Waals surface area contributed by atoms with Gasteiger partial charge in [0.05, 0.1) is 12.6 Å². The number of aromatic nitrogens is 4. The van der Waals surface area contributed by atoms with Crippen LogP contribution >= 0.6 is 11.6 Å². The van der Waals surface area contributed by atoms with Crippen molar-refractivity contribution in [2.24, 2.45) is 0 Å². The van der Waals surface area contributed by atoms with E-state index in [9.17, 15) is 9.18 Å². The molecular formula is C24H21ClFN5O2. The van der Waals surface area contributed by atoms with E-state index in [1.54, 1.807) is 47.2 Å². The zero-order chi connectivity index (χ0) is 22.9. The average molecular weight is 466 g/mol. The maximum absolute atomic E-state index is 14.1. The highest BCUT2D eigenvalue weighted by Crippen LogP contribution is 2.32. The molecule has 1 N–H and O–H groups in total. The van der Waals surface area contributed by atoms with Crippen molar-refractivity contribution in [2.45, 2.75) is 25.9 Å². The van der Waals surface area contributed by atoms with Crippen LogP contribution in [0.5, 0.6) is 0 Å². The topological polar surface area (TPSA) is 81.9 Å². The molecule has 0 amide bonds. The molecule has 4 aromatic rings. The van der Waals surface area contributed by atoms with Crippen molar-refractivity contribution in [3.05, 3.63) is 70.1 Å². The molecule has 5 rings (SSSR count). The summed E-state index contributed by atoms with van der Waals surface area (Å²) in [5.41, 5.74) is 2.26. The molecule has 0 aliphatic carbocycles. The molecule has 1 fully saturated rings. The van der Waals surface area contributed by atoms with E-state index in [-0.39, 0.29) is 11.6 Å². The molecule has 1 unspecified atom stereocenters. The van der Waals surface area contributed by atoms with Gasteiger partial charge >= 0.3 is 0 Å². The molecule has 1 aromatic carbocycles. The molecule has 1 aliphatic heterocycles. The molecule has 1 atom stereocenters. The highest BCUT2D eigenvalue weighted by Gasteiger charge is 2.19. The van der Waals surface area contributed by atoms with E-state index in [1.807, 2.05) is 6.92 Å². The minimum atomic E-state index is -0.578. The molecule has 1 saturated heterocycles. The van der Waals surface area contributed by atoms with Crippen molar-refractivity contribution in [2.75, 3.05) is 18.5 Å². The summed E-state index contributed by atoms with van der Waals surface area (Å²) in [4.78, 5) is 26.1. The van der Waals surface area contributed by atoms with Crippen LogP contribution in [0.2, 0.25) is 5.02 Å². The largest absolute Gasteiger partial charge is 0.379 e. The lowest BCUT2D eigenvalue weighted by atomic mass is 10.0. The van der Waals surface area contributed by atoms with Gasteiger partial charge in [-0.2, -0.15) is 9.37 Å². The smallest absolute Gasteiger partial charge is 0.260 e. The number of fused-ring (bicyclic) bond motifs is 1. The number of nitrogens with zero attached hydrogens (tertiary/aromatic N) is 4. The van der Waals surface area contributed by atoms with Gasteiger partial charge in [-0.15, -0.1) is 0 Å². The molecule has 1 aliphatic rings. The van der Waals surface area contributed by atoms with Gasteiger partial charge in [0.15, 0.2) is 0 Å². The second kappa shape index (κ2) is 8.88. The van der Waals surface area contributed by atoms with Crippen LogP contribution in [0.15, 0.2) is 53.6 Å². The summed E-state index contributed by atoms with van der Waals surface area (Å²) in [6.45, 7) is 3.64. The van der Waals surface area contributed by atoms with Crippen molar-refractivity contribution in [3.63, 3.8) is 0 Å². The maximum Gasteiger partial charge on any atom is 0.260 e. The molecule has 0 saturated carbocycles. The van der Waals surface area contributed by atoms with Crippen molar-refractivity contribution in [1.82, 2.24) is 19.5 Å². The number of hydrogen-bond donors (Lipinski definition) is 1. The van der Waals surface area contributed by atoms with E-state index in [2.05, 4.69) is 20.3 Å². The van der Waals surface area contributed by atoms with Crippen LogP contribution < -0.4 is 10.9 Å². The van der Waals surface area contributed by atoms with Gasteiger partial charge in [-0.25, -0.2) is 9.97 Å². The summed E-state index contributed by atoms with van der Waals surface area (Å²) in [6, 6.07) is 10.3. The van der Waals surface area contributed by atoms with E-state index < -0.39 is 5.95 Å². The second-order valence-corrected chi connectivity index (χ2v) is 8.23. The van der Waals surface area contributed by atoms with Crippen LogP contribution in [0.3, 0.4) is 0 Å². The number of anilines is 1. The Balaban J connectivity index is 1.57. The lowest BCUT2D eigenvalue weighted by Gasteiger charge is -2.14. The summed E-state index contributed by atoms with van der Waals surface area (Å²) >= 11 is 6.56. The number of halogens is 2. The Morgan fingerprint density at radius 3 is 2.82 bits per heavy atom. The molecule has 33 heavy (non-hydrogen) atoms. The third-order valence-corrected chi connectivity index (χ3v) is 6.05. The van der Waals surface area contributed by atoms with Crippen molar-refractivity contribution < 1.29 is 9.13 Å². The first-order valence-electron chi connectivity index (χ1n) is 10.7. The Bertz CT molecular complexity index is 1400. The number of pyridine rings is 2. The molecule has 168 valence electrons. The number of benzene rings is 1.